The Balaban J connectivity index is 2.00. The lowest BCUT2D eigenvalue weighted by Crippen LogP contribution is -2.39. The van der Waals surface area contributed by atoms with E-state index < -0.39 is 0 Å². The maximum absolute atomic E-state index is 12.3. The van der Waals surface area contributed by atoms with Gasteiger partial charge in [-0.3, -0.25) is 9.69 Å². The second kappa shape index (κ2) is 6.80. The summed E-state index contributed by atoms with van der Waals surface area (Å²) in [6, 6.07) is 5.74. The zero-order valence-electron chi connectivity index (χ0n) is 13.1. The maximum atomic E-state index is 12.3. The van der Waals surface area contributed by atoms with Gasteiger partial charge in [-0.05, 0) is 43.5 Å². The molecule has 1 atom stereocenters. The van der Waals surface area contributed by atoms with Gasteiger partial charge in [0.25, 0.3) is 0 Å². The van der Waals surface area contributed by atoms with Crippen LogP contribution in [-0.2, 0) is 4.79 Å². The number of nitrogens with two attached hydrogens (primary N) is 1. The lowest BCUT2D eigenvalue weighted by Gasteiger charge is -2.26. The molecule has 1 heterocycles. The van der Waals surface area contributed by atoms with Crippen LogP contribution in [0.1, 0.15) is 26.7 Å². The number of hydrogen-bond donors (Lipinski definition) is 2. The van der Waals surface area contributed by atoms with Crippen molar-refractivity contribution in [1.29, 1.82) is 0 Å². The highest BCUT2D eigenvalue weighted by Gasteiger charge is 2.28. The molecule has 1 amide bonds. The first-order valence-corrected chi connectivity index (χ1v) is 7.48. The molecule has 1 aliphatic heterocycles. The van der Waals surface area contributed by atoms with Gasteiger partial charge in [0, 0.05) is 11.7 Å². The summed E-state index contributed by atoms with van der Waals surface area (Å²) in [5, 5.41) is 2.90. The Bertz CT molecular complexity index is 502. The predicted octanol–water partition coefficient (Wildman–Crippen LogP) is 2.34. The van der Waals surface area contributed by atoms with Crippen molar-refractivity contribution in [3.8, 4) is 5.75 Å². The van der Waals surface area contributed by atoms with Gasteiger partial charge in [-0.2, -0.15) is 0 Å². The number of nitrogens with zero attached hydrogens (tertiary/aromatic N) is 1. The lowest BCUT2D eigenvalue weighted by molar-refractivity contribution is -0.117. The maximum Gasteiger partial charge on any atom is 0.238 e. The minimum absolute atomic E-state index is 0.0218. The molecule has 0 aromatic heterocycles. The van der Waals surface area contributed by atoms with Crippen LogP contribution in [0.5, 0.6) is 5.75 Å². The molecule has 5 heteroatoms. The van der Waals surface area contributed by atoms with Crippen LogP contribution in [0.2, 0.25) is 0 Å². The van der Waals surface area contributed by atoms with E-state index in [-0.39, 0.29) is 5.91 Å². The monoisotopic (exact) mass is 291 g/mol. The summed E-state index contributed by atoms with van der Waals surface area (Å²) in [5.41, 5.74) is 7.00. The summed E-state index contributed by atoms with van der Waals surface area (Å²) in [5.74, 6) is 1.17. The van der Waals surface area contributed by atoms with Crippen molar-refractivity contribution in [3.05, 3.63) is 18.2 Å². The number of rotatable bonds is 5. The molecule has 0 radical (unpaired) electrons. The minimum atomic E-state index is -0.0218. The number of ether oxygens (including phenoxy) is 1. The fourth-order valence-electron chi connectivity index (χ4n) is 3.00. The van der Waals surface area contributed by atoms with Gasteiger partial charge >= 0.3 is 0 Å². The molecule has 1 aliphatic rings. The van der Waals surface area contributed by atoms with E-state index in [4.69, 9.17) is 10.5 Å². The minimum Gasteiger partial charge on any atom is -0.495 e. The largest absolute Gasteiger partial charge is 0.495 e. The molecule has 0 aliphatic carbocycles. The molecular formula is C16H25N3O2. The Hall–Kier alpha value is -1.75. The second-order valence-electron chi connectivity index (χ2n) is 5.93. The van der Waals surface area contributed by atoms with Crippen molar-refractivity contribution in [2.75, 3.05) is 31.2 Å². The predicted molar refractivity (Wildman–Crippen MR) is 85.5 cm³/mol. The molecule has 116 valence electrons. The Morgan fingerprint density at radius 1 is 1.52 bits per heavy atom. The topological polar surface area (TPSA) is 67.6 Å². The van der Waals surface area contributed by atoms with E-state index in [0.717, 1.165) is 13.0 Å². The molecule has 1 unspecified atom stereocenters. The molecule has 1 saturated heterocycles. The number of methoxy groups -OCH3 is 1. The molecule has 1 aromatic carbocycles. The number of likely N-dealkylation sites (tertiary alicyclic amines) is 1. The Labute approximate surface area is 126 Å². The number of benzene rings is 1. The third kappa shape index (κ3) is 3.88. The first-order chi connectivity index (χ1) is 10.0. The van der Waals surface area contributed by atoms with E-state index in [2.05, 4.69) is 24.1 Å². The third-order valence-corrected chi connectivity index (χ3v) is 4.03. The fourth-order valence-corrected chi connectivity index (χ4v) is 3.00. The average molecular weight is 291 g/mol. The van der Waals surface area contributed by atoms with E-state index >= 15 is 0 Å². The fraction of sp³-hybridized carbons (Fsp3) is 0.562. The van der Waals surface area contributed by atoms with Crippen LogP contribution in [-0.4, -0.2) is 37.0 Å². The zero-order valence-corrected chi connectivity index (χ0v) is 13.1. The standard InChI is InChI=1S/C16H25N3O2/c1-11(2)14-5-4-8-19(14)10-16(20)18-13-9-12(17)6-7-15(13)21-3/h6-7,9,11,14H,4-5,8,10,17H2,1-3H3,(H,18,20). The van der Waals surface area contributed by atoms with Gasteiger partial charge in [-0.1, -0.05) is 13.8 Å². The Morgan fingerprint density at radius 2 is 2.29 bits per heavy atom. The summed E-state index contributed by atoms with van der Waals surface area (Å²) >= 11 is 0. The van der Waals surface area contributed by atoms with E-state index in [1.807, 2.05) is 0 Å². The Kier molecular flexibility index (Phi) is 5.07. The molecule has 1 aromatic rings. The van der Waals surface area contributed by atoms with E-state index in [9.17, 15) is 4.79 Å². The van der Waals surface area contributed by atoms with E-state index in [1.54, 1.807) is 25.3 Å². The molecule has 0 spiro atoms. The number of carbonyl (C=O) groups excluding carboxylic acids is 1. The molecule has 21 heavy (non-hydrogen) atoms. The van der Waals surface area contributed by atoms with E-state index in [0.29, 0.717) is 35.6 Å². The number of nitrogen functional groups attached to an aromatic ring is 1. The number of anilines is 2. The molecule has 1 fully saturated rings. The number of nitrogens with one attached hydrogen (secondary N) is 1. The van der Waals surface area contributed by atoms with Crippen LogP contribution >= 0.6 is 0 Å². The SMILES string of the molecule is COc1ccc(N)cc1NC(=O)CN1CCCC1C(C)C. The highest BCUT2D eigenvalue weighted by molar-refractivity contribution is 5.94. The molecule has 2 rings (SSSR count). The van der Waals surface area contributed by atoms with Crippen LogP contribution in [0.25, 0.3) is 0 Å². The summed E-state index contributed by atoms with van der Waals surface area (Å²) < 4.78 is 5.25. The number of carbonyl (C=O) groups is 1. The average Bonchev–Trinajstić information content (AvgIpc) is 2.87. The highest BCUT2D eigenvalue weighted by atomic mass is 16.5. The summed E-state index contributed by atoms with van der Waals surface area (Å²) in [6.07, 6.45) is 2.34. The van der Waals surface area contributed by atoms with Crippen molar-refractivity contribution in [3.63, 3.8) is 0 Å². The quantitative estimate of drug-likeness (QED) is 0.817. The van der Waals surface area contributed by atoms with Gasteiger partial charge in [0.1, 0.15) is 5.75 Å². The van der Waals surface area contributed by atoms with Gasteiger partial charge in [-0.25, -0.2) is 0 Å². The van der Waals surface area contributed by atoms with Gasteiger partial charge in [0.15, 0.2) is 0 Å². The van der Waals surface area contributed by atoms with Crippen molar-refractivity contribution in [2.24, 2.45) is 5.92 Å². The van der Waals surface area contributed by atoms with Crippen molar-refractivity contribution in [2.45, 2.75) is 32.7 Å². The number of hydrogen-bond acceptors (Lipinski definition) is 4. The summed E-state index contributed by atoms with van der Waals surface area (Å²) in [6.45, 7) is 5.83. The van der Waals surface area contributed by atoms with E-state index in [1.165, 1.54) is 6.42 Å². The van der Waals surface area contributed by atoms with Crippen molar-refractivity contribution >= 4 is 17.3 Å². The smallest absolute Gasteiger partial charge is 0.238 e. The second-order valence-corrected chi connectivity index (χ2v) is 5.93. The van der Waals surface area contributed by atoms with Crippen LogP contribution in [0.4, 0.5) is 11.4 Å². The first-order valence-electron chi connectivity index (χ1n) is 7.48. The summed E-state index contributed by atoms with van der Waals surface area (Å²) in [4.78, 5) is 14.5. The van der Waals surface area contributed by atoms with Crippen molar-refractivity contribution in [1.82, 2.24) is 4.90 Å². The highest BCUT2D eigenvalue weighted by Crippen LogP contribution is 2.27. The lowest BCUT2D eigenvalue weighted by atomic mass is 10.0. The van der Waals surface area contributed by atoms with Crippen molar-refractivity contribution < 1.29 is 9.53 Å². The normalized spacial score (nSPS) is 19.0. The zero-order chi connectivity index (χ0) is 15.4. The van der Waals surface area contributed by atoms with Gasteiger partial charge < -0.3 is 15.8 Å². The summed E-state index contributed by atoms with van der Waals surface area (Å²) in [7, 11) is 1.58. The third-order valence-electron chi connectivity index (χ3n) is 4.03. The first kappa shape index (κ1) is 15.6. The molecular weight excluding hydrogens is 266 g/mol. The molecule has 0 saturated carbocycles. The van der Waals surface area contributed by atoms with Crippen LogP contribution < -0.4 is 15.8 Å². The van der Waals surface area contributed by atoms with Crippen LogP contribution in [0.15, 0.2) is 18.2 Å². The van der Waals surface area contributed by atoms with Gasteiger partial charge in [-0.15, -0.1) is 0 Å². The number of amides is 1. The Morgan fingerprint density at radius 3 is 2.95 bits per heavy atom. The van der Waals surface area contributed by atoms with Crippen LogP contribution in [0, 0.1) is 5.92 Å². The van der Waals surface area contributed by atoms with Gasteiger partial charge in [0.05, 0.1) is 19.3 Å². The van der Waals surface area contributed by atoms with Gasteiger partial charge in [0.2, 0.25) is 5.91 Å². The van der Waals surface area contributed by atoms with Crippen LogP contribution in [0.3, 0.4) is 0 Å². The molecule has 5 nitrogen and oxygen atoms in total. The molecule has 3 N–H and O–H groups in total. The molecule has 0 bridgehead atoms.